The van der Waals surface area contributed by atoms with Crippen molar-refractivity contribution in [3.8, 4) is 0 Å². The summed E-state index contributed by atoms with van der Waals surface area (Å²) in [6.45, 7) is 3.77. The van der Waals surface area contributed by atoms with Crippen LogP contribution in [0, 0.1) is 12.7 Å². The Morgan fingerprint density at radius 3 is 2.13 bits per heavy atom. The van der Waals surface area contributed by atoms with E-state index in [-0.39, 0.29) is 29.5 Å². The quantitative estimate of drug-likeness (QED) is 0.157. The molecule has 0 aliphatic rings. The van der Waals surface area contributed by atoms with Crippen LogP contribution < -0.4 is 9.62 Å². The van der Waals surface area contributed by atoms with Crippen LogP contribution in [0.15, 0.2) is 108 Å². The second kappa shape index (κ2) is 15.7. The summed E-state index contributed by atoms with van der Waals surface area (Å²) in [4.78, 5) is 29.4. The van der Waals surface area contributed by atoms with Gasteiger partial charge in [0.1, 0.15) is 18.4 Å². The zero-order chi connectivity index (χ0) is 32.4. The Labute approximate surface area is 269 Å². The van der Waals surface area contributed by atoms with Gasteiger partial charge in [0.05, 0.1) is 10.6 Å². The zero-order valence-corrected chi connectivity index (χ0v) is 26.9. The van der Waals surface area contributed by atoms with Gasteiger partial charge in [0.2, 0.25) is 11.8 Å². The summed E-state index contributed by atoms with van der Waals surface area (Å²) in [5, 5.41) is 3.48. The van der Waals surface area contributed by atoms with Crippen molar-refractivity contribution in [2.75, 3.05) is 17.4 Å². The summed E-state index contributed by atoms with van der Waals surface area (Å²) in [6.07, 6.45) is 1.86. The van der Waals surface area contributed by atoms with Crippen LogP contribution in [0.5, 0.6) is 0 Å². The van der Waals surface area contributed by atoms with Crippen LogP contribution in [0.2, 0.25) is 5.02 Å². The standard InChI is InChI=1S/C35H37ClFN3O4S/c1-3-4-22-38-35(42)33(23-27-8-6-5-7-9-27)39(24-28-12-14-29(36)15-13-28)34(41)25-40(31-18-10-26(2)11-19-31)45(43,44)32-20-16-30(37)17-21-32/h5-21,33H,3-4,22-25H2,1-2H3,(H,38,42). The third-order valence-corrected chi connectivity index (χ3v) is 9.41. The van der Waals surface area contributed by atoms with Crippen molar-refractivity contribution in [1.29, 1.82) is 0 Å². The minimum atomic E-state index is -4.31. The van der Waals surface area contributed by atoms with E-state index in [4.69, 9.17) is 11.6 Å². The first-order valence-electron chi connectivity index (χ1n) is 14.8. The van der Waals surface area contributed by atoms with E-state index < -0.39 is 34.3 Å². The van der Waals surface area contributed by atoms with Gasteiger partial charge in [0, 0.05) is 24.5 Å². The maximum Gasteiger partial charge on any atom is 0.264 e. The van der Waals surface area contributed by atoms with Crippen LogP contribution in [0.25, 0.3) is 0 Å². The number of benzene rings is 4. The van der Waals surface area contributed by atoms with Crippen LogP contribution in [-0.4, -0.2) is 44.3 Å². The molecule has 0 aromatic heterocycles. The number of nitrogens with one attached hydrogen (secondary N) is 1. The molecule has 0 fully saturated rings. The van der Waals surface area contributed by atoms with Gasteiger partial charge in [-0.2, -0.15) is 0 Å². The highest BCUT2D eigenvalue weighted by Gasteiger charge is 2.34. The number of aryl methyl sites for hydroxylation is 1. The van der Waals surface area contributed by atoms with E-state index in [1.54, 1.807) is 48.5 Å². The van der Waals surface area contributed by atoms with Crippen molar-refractivity contribution >= 4 is 39.1 Å². The molecule has 4 aromatic carbocycles. The third kappa shape index (κ3) is 9.15. The number of rotatable bonds is 14. The van der Waals surface area contributed by atoms with Crippen molar-refractivity contribution in [3.05, 3.63) is 131 Å². The minimum Gasteiger partial charge on any atom is -0.354 e. The second-order valence-corrected chi connectivity index (χ2v) is 13.1. The fourth-order valence-corrected chi connectivity index (χ4v) is 6.36. The highest BCUT2D eigenvalue weighted by Crippen LogP contribution is 2.26. The van der Waals surface area contributed by atoms with Gasteiger partial charge in [0.15, 0.2) is 0 Å². The summed E-state index contributed by atoms with van der Waals surface area (Å²) >= 11 is 6.13. The van der Waals surface area contributed by atoms with Gasteiger partial charge in [-0.3, -0.25) is 13.9 Å². The zero-order valence-electron chi connectivity index (χ0n) is 25.3. The fourth-order valence-electron chi connectivity index (χ4n) is 4.82. The van der Waals surface area contributed by atoms with Gasteiger partial charge >= 0.3 is 0 Å². The molecule has 2 amide bonds. The van der Waals surface area contributed by atoms with Crippen molar-refractivity contribution in [2.45, 2.75) is 50.6 Å². The molecule has 0 spiro atoms. The first-order chi connectivity index (χ1) is 21.6. The topological polar surface area (TPSA) is 86.8 Å². The van der Waals surface area contributed by atoms with Crippen LogP contribution in [-0.2, 0) is 32.6 Å². The average Bonchev–Trinajstić information content (AvgIpc) is 3.03. The van der Waals surface area contributed by atoms with E-state index in [1.165, 1.54) is 17.0 Å². The third-order valence-electron chi connectivity index (χ3n) is 7.37. The van der Waals surface area contributed by atoms with Crippen molar-refractivity contribution < 1.29 is 22.4 Å². The predicted octanol–water partition coefficient (Wildman–Crippen LogP) is 6.54. The molecule has 4 rings (SSSR count). The molecule has 0 heterocycles. The molecule has 7 nitrogen and oxygen atoms in total. The van der Waals surface area contributed by atoms with E-state index in [2.05, 4.69) is 5.32 Å². The number of unbranched alkanes of at least 4 members (excludes halogenated alkanes) is 1. The van der Waals surface area contributed by atoms with E-state index >= 15 is 0 Å². The summed E-state index contributed by atoms with van der Waals surface area (Å²) in [7, 11) is -4.31. The maximum absolute atomic E-state index is 14.4. The minimum absolute atomic E-state index is 0.0348. The molecule has 4 aromatic rings. The maximum atomic E-state index is 14.4. The molecule has 0 radical (unpaired) electrons. The van der Waals surface area contributed by atoms with Crippen LogP contribution in [0.3, 0.4) is 0 Å². The van der Waals surface area contributed by atoms with E-state index in [1.807, 2.05) is 44.2 Å². The summed E-state index contributed by atoms with van der Waals surface area (Å²) < 4.78 is 42.7. The molecule has 0 aliphatic heterocycles. The molecule has 45 heavy (non-hydrogen) atoms. The van der Waals surface area contributed by atoms with Gasteiger partial charge in [-0.05, 0) is 73.0 Å². The SMILES string of the molecule is CCCCNC(=O)C(Cc1ccccc1)N(Cc1ccc(Cl)cc1)C(=O)CN(c1ccc(C)cc1)S(=O)(=O)c1ccc(F)cc1. The van der Waals surface area contributed by atoms with Gasteiger partial charge in [0.25, 0.3) is 10.0 Å². The Hall–Kier alpha value is -4.21. The normalized spacial score (nSPS) is 11.9. The van der Waals surface area contributed by atoms with E-state index in [0.29, 0.717) is 11.6 Å². The highest BCUT2D eigenvalue weighted by atomic mass is 35.5. The lowest BCUT2D eigenvalue weighted by atomic mass is 10.0. The first kappa shape index (κ1) is 33.7. The number of hydrogen-bond donors (Lipinski definition) is 1. The summed E-state index contributed by atoms with van der Waals surface area (Å²) in [5.41, 5.74) is 2.73. The van der Waals surface area contributed by atoms with Crippen LogP contribution in [0.1, 0.15) is 36.5 Å². The molecule has 1 unspecified atom stereocenters. The summed E-state index contributed by atoms with van der Waals surface area (Å²) in [6, 6.07) is 26.5. The molecule has 1 N–H and O–H groups in total. The van der Waals surface area contributed by atoms with Crippen molar-refractivity contribution in [1.82, 2.24) is 10.2 Å². The predicted molar refractivity (Wildman–Crippen MR) is 176 cm³/mol. The largest absolute Gasteiger partial charge is 0.354 e. The Morgan fingerprint density at radius 1 is 0.867 bits per heavy atom. The highest BCUT2D eigenvalue weighted by molar-refractivity contribution is 7.92. The Bertz CT molecular complexity index is 1670. The lowest BCUT2D eigenvalue weighted by Crippen LogP contribution is -2.53. The summed E-state index contributed by atoms with van der Waals surface area (Å²) in [5.74, 6) is -1.50. The van der Waals surface area contributed by atoms with Gasteiger partial charge in [-0.1, -0.05) is 85.1 Å². The second-order valence-electron chi connectivity index (χ2n) is 10.8. The lowest BCUT2D eigenvalue weighted by Gasteiger charge is -2.34. The fraction of sp³-hybridized carbons (Fsp3) is 0.257. The number of sulfonamides is 1. The Balaban J connectivity index is 1.78. The molecule has 0 aliphatic carbocycles. The molecule has 0 saturated carbocycles. The molecule has 0 saturated heterocycles. The van der Waals surface area contributed by atoms with E-state index in [9.17, 15) is 22.4 Å². The Morgan fingerprint density at radius 2 is 1.51 bits per heavy atom. The average molecular weight is 650 g/mol. The first-order valence-corrected chi connectivity index (χ1v) is 16.6. The molecule has 236 valence electrons. The van der Waals surface area contributed by atoms with Gasteiger partial charge in [-0.25, -0.2) is 12.8 Å². The number of amides is 2. The smallest absolute Gasteiger partial charge is 0.264 e. The van der Waals surface area contributed by atoms with Gasteiger partial charge in [-0.15, -0.1) is 0 Å². The monoisotopic (exact) mass is 649 g/mol. The number of carbonyl (C=O) groups excluding carboxylic acids is 2. The molecule has 10 heteroatoms. The van der Waals surface area contributed by atoms with E-state index in [0.717, 1.165) is 46.0 Å². The van der Waals surface area contributed by atoms with Crippen LogP contribution in [0.4, 0.5) is 10.1 Å². The number of nitrogens with zero attached hydrogens (tertiary/aromatic N) is 2. The molecular weight excluding hydrogens is 613 g/mol. The molecule has 0 bridgehead atoms. The number of hydrogen-bond acceptors (Lipinski definition) is 4. The molecule has 1 atom stereocenters. The van der Waals surface area contributed by atoms with Gasteiger partial charge < -0.3 is 10.2 Å². The number of anilines is 1. The number of halogens is 2. The number of carbonyl (C=O) groups is 2. The molecular formula is C35H37ClFN3O4S. The Kier molecular flexibility index (Phi) is 11.7. The van der Waals surface area contributed by atoms with Crippen molar-refractivity contribution in [3.63, 3.8) is 0 Å². The van der Waals surface area contributed by atoms with Crippen molar-refractivity contribution in [2.24, 2.45) is 0 Å². The van der Waals surface area contributed by atoms with Crippen LogP contribution >= 0.6 is 11.6 Å². The lowest BCUT2D eigenvalue weighted by molar-refractivity contribution is -0.140.